The highest BCUT2D eigenvalue weighted by atomic mass is 32.1. The Labute approximate surface area is 114 Å². The monoisotopic (exact) mass is 278 g/mol. The van der Waals surface area contributed by atoms with Crippen LogP contribution in [-0.2, 0) is 11.2 Å². The molecule has 0 bridgehead atoms. The van der Waals surface area contributed by atoms with Crippen molar-refractivity contribution < 1.29 is 14.0 Å². The van der Waals surface area contributed by atoms with Crippen LogP contribution in [0.3, 0.4) is 0 Å². The molecule has 0 saturated carbocycles. The molecule has 2 aromatic heterocycles. The predicted octanol–water partition coefficient (Wildman–Crippen LogP) is 1.43. The molecule has 0 radical (unpaired) electrons. The fraction of sp³-hybridized carbons (Fsp3) is 0.231. The minimum atomic E-state index is -0.390. The van der Waals surface area contributed by atoms with Gasteiger partial charge in [0, 0.05) is 11.4 Å². The molecule has 0 aliphatic heterocycles. The average Bonchev–Trinajstić information content (AvgIpc) is 3.08. The van der Waals surface area contributed by atoms with Gasteiger partial charge in [-0.3, -0.25) is 9.59 Å². The van der Waals surface area contributed by atoms with E-state index < -0.39 is 5.91 Å². The second-order valence-electron chi connectivity index (χ2n) is 3.84. The van der Waals surface area contributed by atoms with Crippen molar-refractivity contribution in [3.8, 4) is 0 Å². The summed E-state index contributed by atoms with van der Waals surface area (Å²) in [7, 11) is 0. The third kappa shape index (κ3) is 4.26. The Bertz CT molecular complexity index is 520. The first kappa shape index (κ1) is 13.4. The van der Waals surface area contributed by atoms with Gasteiger partial charge in [0.1, 0.15) is 0 Å². The van der Waals surface area contributed by atoms with E-state index in [1.807, 2.05) is 17.5 Å². The quantitative estimate of drug-likeness (QED) is 0.839. The molecule has 0 unspecified atom stereocenters. The summed E-state index contributed by atoms with van der Waals surface area (Å²) in [6, 6.07) is 7.17. The molecule has 19 heavy (non-hydrogen) atoms. The third-order valence-electron chi connectivity index (χ3n) is 2.43. The van der Waals surface area contributed by atoms with Crippen LogP contribution in [0.5, 0.6) is 0 Å². The van der Waals surface area contributed by atoms with Gasteiger partial charge >= 0.3 is 0 Å². The smallest absolute Gasteiger partial charge is 0.287 e. The van der Waals surface area contributed by atoms with Crippen LogP contribution in [0, 0.1) is 0 Å². The molecular formula is C13H14N2O3S. The van der Waals surface area contributed by atoms with Crippen LogP contribution in [-0.4, -0.2) is 24.9 Å². The average molecular weight is 278 g/mol. The molecule has 0 saturated heterocycles. The maximum atomic E-state index is 11.5. The second-order valence-corrected chi connectivity index (χ2v) is 4.87. The molecule has 2 rings (SSSR count). The summed E-state index contributed by atoms with van der Waals surface area (Å²) in [6.07, 6.45) is 2.21. The minimum absolute atomic E-state index is 0.0516. The zero-order chi connectivity index (χ0) is 13.5. The van der Waals surface area contributed by atoms with Crippen LogP contribution in [0.2, 0.25) is 0 Å². The van der Waals surface area contributed by atoms with Crippen molar-refractivity contribution in [1.29, 1.82) is 0 Å². The highest BCUT2D eigenvalue weighted by Crippen LogP contribution is 2.07. The van der Waals surface area contributed by atoms with Crippen LogP contribution in [0.4, 0.5) is 0 Å². The molecule has 0 fully saturated rings. The van der Waals surface area contributed by atoms with Gasteiger partial charge in [-0.05, 0) is 30.0 Å². The van der Waals surface area contributed by atoms with Crippen LogP contribution in [0.1, 0.15) is 15.4 Å². The Morgan fingerprint density at radius 1 is 1.21 bits per heavy atom. The van der Waals surface area contributed by atoms with Crippen molar-refractivity contribution in [3.63, 3.8) is 0 Å². The van der Waals surface area contributed by atoms with E-state index in [1.165, 1.54) is 11.1 Å². The highest BCUT2D eigenvalue weighted by Gasteiger charge is 2.09. The summed E-state index contributed by atoms with van der Waals surface area (Å²) in [5, 5.41) is 7.23. The molecule has 0 atom stereocenters. The van der Waals surface area contributed by atoms with Crippen molar-refractivity contribution in [2.24, 2.45) is 0 Å². The van der Waals surface area contributed by atoms with E-state index >= 15 is 0 Å². The van der Waals surface area contributed by atoms with Gasteiger partial charge in [-0.2, -0.15) is 0 Å². The molecule has 0 aromatic carbocycles. The lowest BCUT2D eigenvalue weighted by Crippen LogP contribution is -2.37. The predicted molar refractivity (Wildman–Crippen MR) is 72.1 cm³/mol. The third-order valence-corrected chi connectivity index (χ3v) is 3.36. The van der Waals surface area contributed by atoms with Gasteiger partial charge in [-0.15, -0.1) is 11.3 Å². The van der Waals surface area contributed by atoms with Crippen LogP contribution in [0.25, 0.3) is 0 Å². The second kappa shape index (κ2) is 6.75. The summed E-state index contributed by atoms with van der Waals surface area (Å²) in [5.41, 5.74) is 0. The van der Waals surface area contributed by atoms with Crippen molar-refractivity contribution >= 4 is 23.2 Å². The fourth-order valence-electron chi connectivity index (χ4n) is 1.50. The molecule has 5 nitrogen and oxygen atoms in total. The molecule has 0 spiro atoms. The summed E-state index contributed by atoms with van der Waals surface area (Å²) < 4.78 is 4.92. The minimum Gasteiger partial charge on any atom is -0.459 e. The number of carbonyl (C=O) groups is 2. The lowest BCUT2D eigenvalue weighted by atomic mass is 10.3. The number of furan rings is 1. The molecule has 0 aliphatic rings. The van der Waals surface area contributed by atoms with Crippen molar-refractivity contribution in [1.82, 2.24) is 10.6 Å². The first-order chi connectivity index (χ1) is 9.25. The van der Waals surface area contributed by atoms with Gasteiger partial charge < -0.3 is 15.1 Å². The van der Waals surface area contributed by atoms with Crippen molar-refractivity contribution in [2.75, 3.05) is 13.1 Å². The summed E-state index contributed by atoms with van der Waals surface area (Å²) in [4.78, 5) is 24.2. The number of hydrogen-bond acceptors (Lipinski definition) is 4. The van der Waals surface area contributed by atoms with Gasteiger partial charge in [-0.25, -0.2) is 0 Å². The van der Waals surface area contributed by atoms with Gasteiger partial charge in [0.15, 0.2) is 5.76 Å². The first-order valence-corrected chi connectivity index (χ1v) is 6.74. The van der Waals surface area contributed by atoms with E-state index in [-0.39, 0.29) is 18.2 Å². The normalized spacial score (nSPS) is 10.1. The van der Waals surface area contributed by atoms with E-state index in [4.69, 9.17) is 4.42 Å². The van der Waals surface area contributed by atoms with Crippen molar-refractivity contribution in [3.05, 3.63) is 46.5 Å². The largest absolute Gasteiger partial charge is 0.459 e. The summed E-state index contributed by atoms with van der Waals surface area (Å²) >= 11 is 1.66. The zero-order valence-electron chi connectivity index (χ0n) is 10.2. The highest BCUT2D eigenvalue weighted by molar-refractivity contribution is 7.09. The summed E-state index contributed by atoms with van der Waals surface area (Å²) in [5.74, 6) is -0.402. The van der Waals surface area contributed by atoms with E-state index in [0.717, 1.165) is 6.42 Å². The number of thiophene rings is 1. The number of carbonyl (C=O) groups excluding carboxylic acids is 2. The van der Waals surface area contributed by atoms with Crippen molar-refractivity contribution in [2.45, 2.75) is 6.42 Å². The fourth-order valence-corrected chi connectivity index (χ4v) is 2.21. The Balaban J connectivity index is 1.63. The number of amides is 2. The van der Waals surface area contributed by atoms with Gasteiger partial charge in [-0.1, -0.05) is 6.07 Å². The topological polar surface area (TPSA) is 71.3 Å². The molecule has 100 valence electrons. The Morgan fingerprint density at radius 2 is 2.11 bits per heavy atom. The number of rotatable bonds is 6. The van der Waals surface area contributed by atoms with Gasteiger partial charge in [0.25, 0.3) is 5.91 Å². The Morgan fingerprint density at radius 3 is 2.79 bits per heavy atom. The van der Waals surface area contributed by atoms with Crippen LogP contribution in [0.15, 0.2) is 40.3 Å². The van der Waals surface area contributed by atoms with Gasteiger partial charge in [0.05, 0.1) is 12.8 Å². The van der Waals surface area contributed by atoms with Crippen LogP contribution >= 0.6 is 11.3 Å². The lowest BCUT2D eigenvalue weighted by Gasteiger charge is -2.05. The molecule has 0 aliphatic carbocycles. The van der Waals surface area contributed by atoms with E-state index in [2.05, 4.69) is 10.6 Å². The zero-order valence-corrected chi connectivity index (χ0v) is 11.0. The Kier molecular flexibility index (Phi) is 4.74. The molecule has 2 N–H and O–H groups in total. The number of hydrogen-bond donors (Lipinski definition) is 2. The Hall–Kier alpha value is -2.08. The molecular weight excluding hydrogens is 264 g/mol. The maximum Gasteiger partial charge on any atom is 0.287 e. The molecule has 2 heterocycles. The lowest BCUT2D eigenvalue weighted by molar-refractivity contribution is -0.120. The summed E-state index contributed by atoms with van der Waals surface area (Å²) in [6.45, 7) is 0.514. The maximum absolute atomic E-state index is 11.5. The number of nitrogens with one attached hydrogen (secondary N) is 2. The van der Waals surface area contributed by atoms with Gasteiger partial charge in [0.2, 0.25) is 5.91 Å². The molecule has 2 amide bonds. The SMILES string of the molecule is O=C(CNC(=O)c1ccco1)NCCc1cccs1. The van der Waals surface area contributed by atoms with E-state index in [0.29, 0.717) is 6.54 Å². The standard InChI is InChI=1S/C13H14N2O3S/c16-12(14-6-5-10-3-2-8-19-10)9-15-13(17)11-4-1-7-18-11/h1-4,7-8H,5-6,9H2,(H,14,16)(H,15,17). The van der Waals surface area contributed by atoms with E-state index in [9.17, 15) is 9.59 Å². The first-order valence-electron chi connectivity index (χ1n) is 5.86. The molecule has 2 aromatic rings. The van der Waals surface area contributed by atoms with Crippen LogP contribution < -0.4 is 10.6 Å². The molecule has 6 heteroatoms. The van der Waals surface area contributed by atoms with E-state index in [1.54, 1.807) is 23.5 Å².